The first-order valence-electron chi connectivity index (χ1n) is 11.6. The summed E-state index contributed by atoms with van der Waals surface area (Å²) in [7, 11) is 0. The van der Waals surface area contributed by atoms with Crippen molar-refractivity contribution in [1.29, 1.82) is 0 Å². The Kier molecular flexibility index (Phi) is 14.1. The van der Waals surface area contributed by atoms with Gasteiger partial charge in [-0.3, -0.25) is 0 Å². The molecule has 199 valence electrons. The van der Waals surface area contributed by atoms with E-state index in [2.05, 4.69) is 15.9 Å². The molecule has 1 saturated heterocycles. The van der Waals surface area contributed by atoms with E-state index in [0.717, 1.165) is 22.5 Å². The number of nitrogens with one attached hydrogen (secondary N) is 1. The molecule has 0 saturated carbocycles. The second kappa shape index (κ2) is 15.1. The van der Waals surface area contributed by atoms with Crippen LogP contribution in [0.1, 0.15) is 50.3 Å². The number of halogens is 4. The number of hydrogen-bond donors (Lipinski definition) is 1. The summed E-state index contributed by atoms with van der Waals surface area (Å²) < 4.78 is 58.5. The number of hydrogen-bond acceptors (Lipinski definition) is 4. The van der Waals surface area contributed by atoms with E-state index in [-0.39, 0.29) is 64.9 Å². The second-order valence-electron chi connectivity index (χ2n) is 8.98. The topological polar surface area (TPSA) is 71.7 Å². The minimum absolute atomic E-state index is 0. The number of aliphatic hydroxyl groups excluding tert-OH is 1. The van der Waals surface area contributed by atoms with Crippen molar-refractivity contribution < 1.29 is 65.2 Å². The fourth-order valence-electron chi connectivity index (χ4n) is 3.42. The summed E-state index contributed by atoms with van der Waals surface area (Å²) in [6, 6.07) is 12.0. The summed E-state index contributed by atoms with van der Waals surface area (Å²) in [6.07, 6.45) is -2.52. The monoisotopic (exact) mass is 649 g/mol. The SMILES string of the molecule is CC1(C)OCC([NH-])(CCc2ccc(OCCCc3ccc(Br)cc3)c(C(F)(F)F)c2)CO1.CCO.[Y]. The van der Waals surface area contributed by atoms with Crippen molar-refractivity contribution >= 4 is 15.9 Å². The summed E-state index contributed by atoms with van der Waals surface area (Å²) in [6.45, 7) is 6.05. The molecule has 5 nitrogen and oxygen atoms in total. The van der Waals surface area contributed by atoms with E-state index in [1.54, 1.807) is 26.8 Å². The van der Waals surface area contributed by atoms with Gasteiger partial charge >= 0.3 is 6.18 Å². The maximum atomic E-state index is 13.6. The zero-order valence-corrected chi connectivity index (χ0v) is 25.4. The van der Waals surface area contributed by atoms with Gasteiger partial charge in [-0.05, 0) is 75.4 Å². The third kappa shape index (κ3) is 11.5. The molecule has 1 fully saturated rings. The molecule has 10 heteroatoms. The average Bonchev–Trinajstić information content (AvgIpc) is 2.79. The summed E-state index contributed by atoms with van der Waals surface area (Å²) >= 11 is 3.38. The molecule has 2 N–H and O–H groups in total. The van der Waals surface area contributed by atoms with E-state index in [1.165, 1.54) is 6.07 Å². The summed E-state index contributed by atoms with van der Waals surface area (Å²) in [5.74, 6) is -0.895. The molecule has 1 aliphatic heterocycles. The molecule has 3 rings (SSSR count). The van der Waals surface area contributed by atoms with Crippen molar-refractivity contribution in [2.24, 2.45) is 0 Å². The molecule has 0 amide bonds. The molecule has 0 aromatic heterocycles. The smallest absolute Gasteiger partial charge is 0.419 e. The Labute approximate surface area is 245 Å². The van der Waals surface area contributed by atoms with Gasteiger partial charge in [0.1, 0.15) is 5.75 Å². The van der Waals surface area contributed by atoms with Crippen LogP contribution in [-0.2, 0) is 61.2 Å². The molecular weight excluding hydrogens is 616 g/mol. The second-order valence-corrected chi connectivity index (χ2v) is 9.90. The van der Waals surface area contributed by atoms with E-state index in [1.807, 2.05) is 24.3 Å². The molecule has 2 aromatic carbocycles. The number of aryl methyl sites for hydroxylation is 2. The normalized spacial score (nSPS) is 16.4. The Morgan fingerprint density at radius 1 is 1.03 bits per heavy atom. The fourth-order valence-corrected chi connectivity index (χ4v) is 3.69. The molecule has 2 aromatic rings. The first-order chi connectivity index (χ1) is 16.4. The molecule has 36 heavy (non-hydrogen) atoms. The van der Waals surface area contributed by atoms with Crippen molar-refractivity contribution in [2.45, 2.75) is 64.0 Å². The molecule has 0 aliphatic carbocycles. The third-order valence-electron chi connectivity index (χ3n) is 5.41. The third-order valence-corrected chi connectivity index (χ3v) is 5.94. The molecular formula is C26H34BrF3NO4Y-. The number of rotatable bonds is 8. The van der Waals surface area contributed by atoms with Gasteiger partial charge in [-0.25, -0.2) is 0 Å². The van der Waals surface area contributed by atoms with Crippen LogP contribution in [0.15, 0.2) is 46.9 Å². The van der Waals surface area contributed by atoms with Crippen molar-refractivity contribution in [3.63, 3.8) is 0 Å². The van der Waals surface area contributed by atoms with Crippen molar-refractivity contribution in [3.05, 3.63) is 69.4 Å². The van der Waals surface area contributed by atoms with Gasteiger partial charge < -0.3 is 25.1 Å². The van der Waals surface area contributed by atoms with Crippen molar-refractivity contribution in [3.8, 4) is 5.75 Å². The zero-order valence-electron chi connectivity index (χ0n) is 21.0. The molecule has 0 bridgehead atoms. The quantitative estimate of drug-likeness (QED) is 0.313. The van der Waals surface area contributed by atoms with Crippen LogP contribution in [0.3, 0.4) is 0 Å². The van der Waals surface area contributed by atoms with E-state index in [0.29, 0.717) is 24.8 Å². The van der Waals surface area contributed by atoms with Gasteiger partial charge in [-0.1, -0.05) is 46.1 Å². The molecule has 1 aliphatic rings. The largest absolute Gasteiger partial charge is 0.668 e. The van der Waals surface area contributed by atoms with Gasteiger partial charge in [0.2, 0.25) is 0 Å². The maximum absolute atomic E-state index is 13.6. The van der Waals surface area contributed by atoms with Crippen LogP contribution in [0.4, 0.5) is 13.2 Å². The number of alkyl halides is 3. The molecule has 1 radical (unpaired) electrons. The number of aliphatic hydroxyl groups is 1. The van der Waals surface area contributed by atoms with Crippen molar-refractivity contribution in [2.75, 3.05) is 26.4 Å². The van der Waals surface area contributed by atoms with Crippen LogP contribution >= 0.6 is 15.9 Å². The van der Waals surface area contributed by atoms with Crippen LogP contribution in [0, 0.1) is 0 Å². The Morgan fingerprint density at radius 3 is 2.14 bits per heavy atom. The minimum atomic E-state index is -4.52. The molecule has 0 spiro atoms. The van der Waals surface area contributed by atoms with Crippen molar-refractivity contribution in [1.82, 2.24) is 0 Å². The fraction of sp³-hybridized carbons (Fsp3) is 0.538. The van der Waals surface area contributed by atoms with Crippen LogP contribution in [-0.4, -0.2) is 42.9 Å². The Morgan fingerprint density at radius 2 is 1.58 bits per heavy atom. The standard InChI is InChI=1S/C24H28BrF3NO3.C2H6O.Y/c1-22(2)31-15-23(29,16-32-22)12-11-18-7-10-21(20(14-18)24(26,27)28)30-13-3-4-17-5-8-19(25)9-6-17;1-2-3;/h5-10,14,29H,3-4,11-13,15-16H2,1-2H3;3H,2H2,1H3;/q-1;;. The van der Waals surface area contributed by atoms with Crippen LogP contribution < -0.4 is 4.74 Å². The number of ether oxygens (including phenoxy) is 3. The van der Waals surface area contributed by atoms with Gasteiger partial charge in [0.15, 0.2) is 5.79 Å². The van der Waals surface area contributed by atoms with Gasteiger partial charge in [-0.15, -0.1) is 0 Å². The van der Waals surface area contributed by atoms with Gasteiger partial charge in [0.25, 0.3) is 0 Å². The molecule has 0 unspecified atom stereocenters. The van der Waals surface area contributed by atoms with E-state index < -0.39 is 23.1 Å². The Bertz CT molecular complexity index is 916. The van der Waals surface area contributed by atoms with Gasteiger partial charge in [0, 0.05) is 57.0 Å². The first kappa shape index (κ1) is 33.5. The Hall–Kier alpha value is -0.546. The Balaban J connectivity index is 0.00000154. The minimum Gasteiger partial charge on any atom is -0.668 e. The van der Waals surface area contributed by atoms with Gasteiger partial charge in [-0.2, -0.15) is 13.2 Å². The van der Waals surface area contributed by atoms with Crippen LogP contribution in [0.2, 0.25) is 0 Å². The molecule has 1 heterocycles. The summed E-state index contributed by atoms with van der Waals surface area (Å²) in [5, 5.41) is 7.57. The van der Waals surface area contributed by atoms with Crippen LogP contribution in [0.5, 0.6) is 5.75 Å². The predicted molar refractivity (Wildman–Crippen MR) is 134 cm³/mol. The average molecular weight is 650 g/mol. The van der Waals surface area contributed by atoms with E-state index >= 15 is 0 Å². The summed E-state index contributed by atoms with van der Waals surface area (Å²) in [5.41, 5.74) is 8.32. The summed E-state index contributed by atoms with van der Waals surface area (Å²) in [4.78, 5) is 0. The number of benzene rings is 2. The molecule has 0 atom stereocenters. The van der Waals surface area contributed by atoms with Crippen LogP contribution in [0.25, 0.3) is 5.73 Å². The zero-order chi connectivity index (χ0) is 26.1. The predicted octanol–water partition coefficient (Wildman–Crippen LogP) is 6.98. The van der Waals surface area contributed by atoms with E-state index in [4.69, 9.17) is 25.1 Å². The first-order valence-corrected chi connectivity index (χ1v) is 12.4. The maximum Gasteiger partial charge on any atom is 0.419 e. The van der Waals surface area contributed by atoms with E-state index in [9.17, 15) is 13.2 Å². The van der Waals surface area contributed by atoms with Gasteiger partial charge in [0.05, 0.1) is 12.2 Å².